The average molecular weight is 422 g/mol. The highest BCUT2D eigenvalue weighted by molar-refractivity contribution is 6.11. The van der Waals surface area contributed by atoms with Crippen LogP contribution >= 0.6 is 0 Å². The van der Waals surface area contributed by atoms with Gasteiger partial charge < -0.3 is 19.2 Å². The fourth-order valence-corrected chi connectivity index (χ4v) is 3.55. The van der Waals surface area contributed by atoms with E-state index in [4.69, 9.17) is 14.2 Å². The minimum atomic E-state index is -0.489. The molecule has 0 unspecified atom stereocenters. The summed E-state index contributed by atoms with van der Waals surface area (Å²) in [5.74, 6) is -0.161. The summed E-state index contributed by atoms with van der Waals surface area (Å²) in [6.45, 7) is 4.03. The number of rotatable bonds is 7. The van der Waals surface area contributed by atoms with Crippen molar-refractivity contribution in [1.29, 1.82) is 0 Å². The zero-order valence-electron chi connectivity index (χ0n) is 17.6. The molecule has 2 aromatic carbocycles. The highest BCUT2D eigenvalue weighted by atomic mass is 19.1. The van der Waals surface area contributed by atoms with Gasteiger partial charge in [-0.25, -0.2) is 14.2 Å². The van der Waals surface area contributed by atoms with E-state index in [2.05, 4.69) is 9.97 Å². The van der Waals surface area contributed by atoms with Crippen molar-refractivity contribution in [2.75, 3.05) is 7.11 Å². The summed E-state index contributed by atoms with van der Waals surface area (Å²) in [5.41, 5.74) is 3.28. The van der Waals surface area contributed by atoms with Crippen LogP contribution in [0.15, 0.2) is 48.7 Å². The van der Waals surface area contributed by atoms with Crippen LogP contribution < -0.4 is 4.74 Å². The van der Waals surface area contributed by atoms with Crippen molar-refractivity contribution >= 4 is 27.8 Å². The van der Waals surface area contributed by atoms with Gasteiger partial charge in [0.15, 0.2) is 5.69 Å². The van der Waals surface area contributed by atoms with Crippen molar-refractivity contribution in [3.05, 3.63) is 71.3 Å². The summed E-state index contributed by atoms with van der Waals surface area (Å²) in [6.07, 6.45) is 1.37. The number of nitrogens with zero attached hydrogens (tertiary/aromatic N) is 1. The van der Waals surface area contributed by atoms with Crippen LogP contribution in [-0.4, -0.2) is 29.2 Å². The number of halogens is 1. The summed E-state index contributed by atoms with van der Waals surface area (Å²) < 4.78 is 30.0. The fraction of sp³-hybridized carbons (Fsp3) is 0.250. The molecule has 6 nitrogen and oxygen atoms in total. The Morgan fingerprint density at radius 2 is 1.97 bits per heavy atom. The maximum atomic E-state index is 13.4. The number of hydrogen-bond acceptors (Lipinski definition) is 5. The van der Waals surface area contributed by atoms with Crippen LogP contribution in [0.25, 0.3) is 21.8 Å². The van der Waals surface area contributed by atoms with E-state index in [1.807, 2.05) is 24.3 Å². The van der Waals surface area contributed by atoms with Gasteiger partial charge in [-0.1, -0.05) is 12.1 Å². The third-order valence-corrected chi connectivity index (χ3v) is 4.83. The smallest absolute Gasteiger partial charge is 0.357 e. The maximum Gasteiger partial charge on any atom is 0.357 e. The Kier molecular flexibility index (Phi) is 5.86. The first-order valence-electron chi connectivity index (χ1n) is 9.96. The Bertz CT molecular complexity index is 1250. The maximum absolute atomic E-state index is 13.4. The van der Waals surface area contributed by atoms with Crippen LogP contribution in [0.5, 0.6) is 5.75 Å². The highest BCUT2D eigenvalue weighted by Gasteiger charge is 2.21. The number of benzene rings is 2. The van der Waals surface area contributed by atoms with Gasteiger partial charge in [-0.05, 0) is 49.7 Å². The van der Waals surface area contributed by atoms with Crippen LogP contribution in [0, 0.1) is 5.82 Å². The molecule has 0 bridgehead atoms. The third kappa shape index (κ3) is 4.36. The van der Waals surface area contributed by atoms with Crippen LogP contribution in [0.3, 0.4) is 0 Å². The van der Waals surface area contributed by atoms with Crippen molar-refractivity contribution < 1.29 is 23.4 Å². The van der Waals surface area contributed by atoms with E-state index in [0.717, 1.165) is 27.4 Å². The number of H-pyrrole nitrogens is 1. The Labute approximate surface area is 179 Å². The van der Waals surface area contributed by atoms with Crippen molar-refractivity contribution in [2.45, 2.75) is 33.2 Å². The summed E-state index contributed by atoms with van der Waals surface area (Å²) >= 11 is 0. The quantitative estimate of drug-likeness (QED) is 0.417. The molecule has 0 aliphatic heterocycles. The number of carbonyl (C=O) groups is 1. The molecule has 0 radical (unpaired) electrons. The lowest BCUT2D eigenvalue weighted by molar-refractivity contribution is 0.0366. The van der Waals surface area contributed by atoms with Crippen LogP contribution in [0.1, 0.15) is 35.5 Å². The SMILES string of the molecule is COCc1c(C(=O)OC(C)C)ncc2[nH]c3ccc(OCc4cccc(F)c4)cc3c12. The molecular weight excluding hydrogens is 399 g/mol. The van der Waals surface area contributed by atoms with Crippen LogP contribution in [-0.2, 0) is 22.7 Å². The molecule has 2 heterocycles. The minimum absolute atomic E-state index is 0.203. The summed E-state index contributed by atoms with van der Waals surface area (Å²) in [7, 11) is 1.57. The molecule has 31 heavy (non-hydrogen) atoms. The van der Waals surface area contributed by atoms with E-state index in [1.54, 1.807) is 33.2 Å². The second-order valence-corrected chi connectivity index (χ2v) is 7.51. The number of aromatic amines is 1. The highest BCUT2D eigenvalue weighted by Crippen LogP contribution is 2.33. The Morgan fingerprint density at radius 3 is 2.71 bits per heavy atom. The molecule has 2 aromatic heterocycles. The van der Waals surface area contributed by atoms with E-state index in [9.17, 15) is 9.18 Å². The summed E-state index contributed by atoms with van der Waals surface area (Å²) in [5, 5.41) is 1.71. The van der Waals surface area contributed by atoms with E-state index in [-0.39, 0.29) is 30.8 Å². The number of aromatic nitrogens is 2. The zero-order chi connectivity index (χ0) is 22.0. The van der Waals surface area contributed by atoms with Crippen molar-refractivity contribution in [1.82, 2.24) is 9.97 Å². The average Bonchev–Trinajstić information content (AvgIpc) is 3.10. The standard InChI is InChI=1S/C24H23FN2O4/c1-14(2)31-24(28)23-19(13-29-3)22-18-10-17(7-8-20(18)27-21(22)11-26-23)30-12-15-5-4-6-16(25)9-15/h4-11,14,27H,12-13H2,1-3H3. The van der Waals surface area contributed by atoms with Crippen molar-refractivity contribution in [3.8, 4) is 5.75 Å². The van der Waals surface area contributed by atoms with Crippen LogP contribution in [0.2, 0.25) is 0 Å². The van der Waals surface area contributed by atoms with E-state index in [1.165, 1.54) is 12.1 Å². The minimum Gasteiger partial charge on any atom is -0.489 e. The number of carbonyl (C=O) groups excluding carboxylic acids is 1. The van der Waals surface area contributed by atoms with Gasteiger partial charge in [0.05, 0.1) is 24.4 Å². The summed E-state index contributed by atoms with van der Waals surface area (Å²) in [4.78, 5) is 20.2. The van der Waals surface area contributed by atoms with Gasteiger partial charge >= 0.3 is 5.97 Å². The van der Waals surface area contributed by atoms with Gasteiger partial charge in [0, 0.05) is 29.0 Å². The molecule has 0 aliphatic rings. The number of esters is 1. The van der Waals surface area contributed by atoms with Gasteiger partial charge in [-0.2, -0.15) is 0 Å². The van der Waals surface area contributed by atoms with Gasteiger partial charge in [0.1, 0.15) is 18.2 Å². The first-order chi connectivity index (χ1) is 15.0. The van der Waals surface area contributed by atoms with Gasteiger partial charge in [-0.3, -0.25) is 0 Å². The Balaban J connectivity index is 1.76. The first-order valence-corrected chi connectivity index (χ1v) is 9.96. The molecule has 4 rings (SSSR count). The Morgan fingerprint density at radius 1 is 1.13 bits per heavy atom. The number of methoxy groups -OCH3 is 1. The fourth-order valence-electron chi connectivity index (χ4n) is 3.55. The molecule has 7 heteroatoms. The van der Waals surface area contributed by atoms with Gasteiger partial charge in [-0.15, -0.1) is 0 Å². The zero-order valence-corrected chi connectivity index (χ0v) is 17.6. The lowest BCUT2D eigenvalue weighted by atomic mass is 10.1. The Hall–Kier alpha value is -3.45. The summed E-state index contributed by atoms with van der Waals surface area (Å²) in [6, 6.07) is 11.9. The molecule has 160 valence electrons. The van der Waals surface area contributed by atoms with E-state index >= 15 is 0 Å². The number of hydrogen-bond donors (Lipinski definition) is 1. The lowest BCUT2D eigenvalue weighted by Gasteiger charge is -2.12. The number of ether oxygens (including phenoxy) is 3. The van der Waals surface area contributed by atoms with Gasteiger partial charge in [0.2, 0.25) is 0 Å². The molecule has 1 N–H and O–H groups in total. The second-order valence-electron chi connectivity index (χ2n) is 7.51. The van der Waals surface area contributed by atoms with E-state index < -0.39 is 5.97 Å². The van der Waals surface area contributed by atoms with Crippen molar-refractivity contribution in [3.63, 3.8) is 0 Å². The predicted molar refractivity (Wildman–Crippen MR) is 116 cm³/mol. The molecule has 0 atom stereocenters. The second kappa shape index (κ2) is 8.73. The molecule has 0 saturated carbocycles. The number of pyridine rings is 1. The lowest BCUT2D eigenvalue weighted by Crippen LogP contribution is -2.15. The number of fused-ring (bicyclic) bond motifs is 3. The predicted octanol–water partition coefficient (Wildman–Crippen LogP) is 5.15. The molecule has 0 spiro atoms. The molecule has 0 fully saturated rings. The topological polar surface area (TPSA) is 73.4 Å². The molecule has 0 saturated heterocycles. The monoisotopic (exact) mass is 422 g/mol. The normalized spacial score (nSPS) is 11.4. The van der Waals surface area contributed by atoms with Gasteiger partial charge in [0.25, 0.3) is 0 Å². The van der Waals surface area contributed by atoms with E-state index in [0.29, 0.717) is 11.3 Å². The number of nitrogens with one attached hydrogen (secondary N) is 1. The largest absolute Gasteiger partial charge is 0.489 e. The molecular formula is C24H23FN2O4. The molecule has 4 aromatic rings. The molecule has 0 aliphatic carbocycles. The first kappa shape index (κ1) is 20.8. The van der Waals surface area contributed by atoms with Crippen molar-refractivity contribution in [2.24, 2.45) is 0 Å². The van der Waals surface area contributed by atoms with Crippen LogP contribution in [0.4, 0.5) is 4.39 Å². The molecule has 0 amide bonds. The third-order valence-electron chi connectivity index (χ3n) is 4.83.